The summed E-state index contributed by atoms with van der Waals surface area (Å²) < 4.78 is 5.81. The fourth-order valence-electron chi connectivity index (χ4n) is 2.49. The van der Waals surface area contributed by atoms with E-state index in [-0.39, 0.29) is 12.0 Å². The van der Waals surface area contributed by atoms with E-state index in [2.05, 4.69) is 18.8 Å². The molecule has 22 heavy (non-hydrogen) atoms. The van der Waals surface area contributed by atoms with Crippen molar-refractivity contribution >= 4 is 17.2 Å². The van der Waals surface area contributed by atoms with Crippen molar-refractivity contribution in [2.45, 2.75) is 25.9 Å². The molecule has 1 unspecified atom stereocenters. The average molecular weight is 316 g/mol. The number of benzene rings is 1. The summed E-state index contributed by atoms with van der Waals surface area (Å²) in [5, 5.41) is 2.56. The summed E-state index contributed by atoms with van der Waals surface area (Å²) >= 11 is 1.43. The topological polar surface area (TPSA) is 42.4 Å². The SMILES string of the molecule is CC(C)c1csc(C(=O)N2CCOC(c3ccccc3)C2)n1. The molecule has 0 radical (unpaired) electrons. The highest BCUT2D eigenvalue weighted by Crippen LogP contribution is 2.24. The Morgan fingerprint density at radius 2 is 2.14 bits per heavy atom. The lowest BCUT2D eigenvalue weighted by atomic mass is 10.1. The highest BCUT2D eigenvalue weighted by atomic mass is 32.1. The molecule has 1 amide bonds. The van der Waals surface area contributed by atoms with Crippen molar-refractivity contribution in [1.82, 2.24) is 9.88 Å². The van der Waals surface area contributed by atoms with Crippen LogP contribution in [0.5, 0.6) is 0 Å². The van der Waals surface area contributed by atoms with Gasteiger partial charge in [-0.2, -0.15) is 0 Å². The lowest BCUT2D eigenvalue weighted by Crippen LogP contribution is -2.42. The van der Waals surface area contributed by atoms with E-state index in [9.17, 15) is 4.79 Å². The molecule has 0 aliphatic carbocycles. The summed E-state index contributed by atoms with van der Waals surface area (Å²) in [5.74, 6) is 0.362. The molecule has 3 rings (SSSR count). The highest BCUT2D eigenvalue weighted by Gasteiger charge is 2.27. The number of hydrogen-bond donors (Lipinski definition) is 0. The summed E-state index contributed by atoms with van der Waals surface area (Å²) in [6.45, 7) is 5.94. The lowest BCUT2D eigenvalue weighted by molar-refractivity contribution is -0.0228. The standard InChI is InChI=1S/C17H20N2O2S/c1-12(2)14-11-22-16(18-14)17(20)19-8-9-21-15(10-19)13-6-4-3-5-7-13/h3-7,11-12,15H,8-10H2,1-2H3. The molecular weight excluding hydrogens is 296 g/mol. The Labute approximate surface area is 134 Å². The molecule has 1 saturated heterocycles. The molecule has 1 aliphatic heterocycles. The molecule has 2 heterocycles. The number of thiazole rings is 1. The van der Waals surface area contributed by atoms with Crippen LogP contribution in [0.15, 0.2) is 35.7 Å². The Hall–Kier alpha value is -1.72. The zero-order valence-electron chi connectivity index (χ0n) is 12.9. The van der Waals surface area contributed by atoms with Crippen LogP contribution in [0.3, 0.4) is 0 Å². The first-order valence-electron chi connectivity index (χ1n) is 7.56. The first kappa shape index (κ1) is 15.2. The number of carbonyl (C=O) groups excluding carboxylic acids is 1. The maximum absolute atomic E-state index is 12.6. The minimum absolute atomic E-state index is 0.0149. The highest BCUT2D eigenvalue weighted by molar-refractivity contribution is 7.11. The van der Waals surface area contributed by atoms with E-state index < -0.39 is 0 Å². The molecule has 0 N–H and O–H groups in total. The second kappa shape index (κ2) is 6.58. The van der Waals surface area contributed by atoms with Gasteiger partial charge in [0.15, 0.2) is 5.01 Å². The fourth-order valence-corrected chi connectivity index (χ4v) is 3.43. The average Bonchev–Trinajstić information content (AvgIpc) is 3.05. The summed E-state index contributed by atoms with van der Waals surface area (Å²) in [5.41, 5.74) is 2.10. The normalized spacial score (nSPS) is 18.7. The van der Waals surface area contributed by atoms with Crippen molar-refractivity contribution in [3.63, 3.8) is 0 Å². The zero-order valence-corrected chi connectivity index (χ0v) is 13.7. The maximum Gasteiger partial charge on any atom is 0.283 e. The van der Waals surface area contributed by atoms with Gasteiger partial charge in [-0.3, -0.25) is 4.79 Å². The Morgan fingerprint density at radius 3 is 2.82 bits per heavy atom. The van der Waals surface area contributed by atoms with Crippen molar-refractivity contribution in [1.29, 1.82) is 0 Å². The van der Waals surface area contributed by atoms with Crippen LogP contribution in [0.4, 0.5) is 0 Å². The van der Waals surface area contributed by atoms with Crippen molar-refractivity contribution in [2.75, 3.05) is 19.7 Å². The molecular formula is C17H20N2O2S. The van der Waals surface area contributed by atoms with Gasteiger partial charge in [0, 0.05) is 11.9 Å². The predicted octanol–water partition coefficient (Wildman–Crippen LogP) is 3.48. The molecule has 0 spiro atoms. The lowest BCUT2D eigenvalue weighted by Gasteiger charge is -2.32. The molecule has 1 aromatic heterocycles. The summed E-state index contributed by atoms with van der Waals surface area (Å²) in [4.78, 5) is 19.0. The number of morpholine rings is 1. The van der Waals surface area contributed by atoms with Crippen molar-refractivity contribution in [3.05, 3.63) is 52.0 Å². The Balaban J connectivity index is 1.72. The smallest absolute Gasteiger partial charge is 0.283 e. The Kier molecular flexibility index (Phi) is 4.55. The predicted molar refractivity (Wildman–Crippen MR) is 87.2 cm³/mol. The monoisotopic (exact) mass is 316 g/mol. The molecule has 0 saturated carbocycles. The number of hydrogen-bond acceptors (Lipinski definition) is 4. The maximum atomic E-state index is 12.6. The van der Waals surface area contributed by atoms with Crippen molar-refractivity contribution in [2.24, 2.45) is 0 Å². The van der Waals surface area contributed by atoms with Crippen LogP contribution in [-0.2, 0) is 4.74 Å². The van der Waals surface area contributed by atoms with E-state index in [0.29, 0.717) is 30.6 Å². The summed E-state index contributed by atoms with van der Waals surface area (Å²) in [6.07, 6.45) is -0.0524. The van der Waals surface area contributed by atoms with Crippen LogP contribution in [0.1, 0.15) is 46.9 Å². The molecule has 116 valence electrons. The first-order valence-corrected chi connectivity index (χ1v) is 8.44. The van der Waals surface area contributed by atoms with E-state index in [0.717, 1.165) is 11.3 Å². The number of rotatable bonds is 3. The third kappa shape index (κ3) is 3.20. The largest absolute Gasteiger partial charge is 0.370 e. The van der Waals surface area contributed by atoms with Gasteiger partial charge in [-0.15, -0.1) is 11.3 Å². The van der Waals surface area contributed by atoms with Gasteiger partial charge in [0.2, 0.25) is 0 Å². The first-order chi connectivity index (χ1) is 10.6. The molecule has 2 aromatic rings. The minimum atomic E-state index is -0.0524. The van der Waals surface area contributed by atoms with Crippen LogP contribution in [0.2, 0.25) is 0 Å². The molecule has 5 heteroatoms. The van der Waals surface area contributed by atoms with Gasteiger partial charge in [-0.1, -0.05) is 44.2 Å². The van der Waals surface area contributed by atoms with Gasteiger partial charge >= 0.3 is 0 Å². The second-order valence-electron chi connectivity index (χ2n) is 5.75. The van der Waals surface area contributed by atoms with E-state index in [1.54, 1.807) is 0 Å². The number of carbonyl (C=O) groups is 1. The third-order valence-corrected chi connectivity index (χ3v) is 4.67. The Morgan fingerprint density at radius 1 is 1.36 bits per heavy atom. The molecule has 1 fully saturated rings. The van der Waals surface area contributed by atoms with E-state index in [1.807, 2.05) is 40.6 Å². The van der Waals surface area contributed by atoms with E-state index in [1.165, 1.54) is 11.3 Å². The zero-order chi connectivity index (χ0) is 15.5. The van der Waals surface area contributed by atoms with Gasteiger partial charge in [0.25, 0.3) is 5.91 Å². The van der Waals surface area contributed by atoms with E-state index >= 15 is 0 Å². The van der Waals surface area contributed by atoms with Crippen LogP contribution >= 0.6 is 11.3 Å². The number of aromatic nitrogens is 1. The van der Waals surface area contributed by atoms with Gasteiger partial charge in [-0.05, 0) is 11.5 Å². The van der Waals surface area contributed by atoms with Crippen molar-refractivity contribution in [3.8, 4) is 0 Å². The summed E-state index contributed by atoms with van der Waals surface area (Å²) in [6, 6.07) is 10.1. The minimum Gasteiger partial charge on any atom is -0.370 e. The molecule has 0 bridgehead atoms. The third-order valence-electron chi connectivity index (χ3n) is 3.82. The molecule has 4 nitrogen and oxygen atoms in total. The fraction of sp³-hybridized carbons (Fsp3) is 0.412. The van der Waals surface area contributed by atoms with Crippen LogP contribution in [0, 0.1) is 0 Å². The van der Waals surface area contributed by atoms with Gasteiger partial charge < -0.3 is 9.64 Å². The van der Waals surface area contributed by atoms with Crippen LogP contribution < -0.4 is 0 Å². The van der Waals surface area contributed by atoms with Crippen LogP contribution in [-0.4, -0.2) is 35.5 Å². The van der Waals surface area contributed by atoms with E-state index in [4.69, 9.17) is 4.74 Å². The quantitative estimate of drug-likeness (QED) is 0.870. The number of amides is 1. The van der Waals surface area contributed by atoms with Gasteiger partial charge in [-0.25, -0.2) is 4.98 Å². The van der Waals surface area contributed by atoms with Crippen molar-refractivity contribution < 1.29 is 9.53 Å². The number of nitrogens with zero attached hydrogens (tertiary/aromatic N) is 2. The molecule has 1 aromatic carbocycles. The van der Waals surface area contributed by atoms with Gasteiger partial charge in [0.1, 0.15) is 6.10 Å². The van der Waals surface area contributed by atoms with Gasteiger partial charge in [0.05, 0.1) is 18.8 Å². The molecule has 1 aliphatic rings. The Bertz CT molecular complexity index is 639. The van der Waals surface area contributed by atoms with Crippen LogP contribution in [0.25, 0.3) is 0 Å². The summed E-state index contributed by atoms with van der Waals surface area (Å²) in [7, 11) is 0. The number of ether oxygens (including phenoxy) is 1. The second-order valence-corrected chi connectivity index (χ2v) is 6.61. The molecule has 1 atom stereocenters.